The number of rotatable bonds is 6. The zero-order valence-electron chi connectivity index (χ0n) is 23.4. The third-order valence-corrected chi connectivity index (χ3v) is 6.85. The SMILES string of the molecule is CC(C)COC(=O)c1ccccc1C(=O)OCC(C)C.c1cc2cccc3c4cccc5cccc(c(c1)c23)c54. The summed E-state index contributed by atoms with van der Waals surface area (Å²) >= 11 is 0. The van der Waals surface area contributed by atoms with Crippen LogP contribution in [-0.2, 0) is 9.47 Å². The van der Waals surface area contributed by atoms with E-state index in [-0.39, 0.29) is 23.0 Å². The second kappa shape index (κ2) is 11.7. The van der Waals surface area contributed by atoms with Crippen molar-refractivity contribution in [2.75, 3.05) is 13.2 Å². The largest absolute Gasteiger partial charge is 0.462 e. The van der Waals surface area contributed by atoms with Gasteiger partial charge in [-0.2, -0.15) is 0 Å². The Bertz CT molecular complexity index is 1590. The predicted octanol–water partition coefficient (Wildman–Crippen LogP) is 9.05. The third kappa shape index (κ3) is 5.48. The first kappa shape index (κ1) is 27.1. The summed E-state index contributed by atoms with van der Waals surface area (Å²) < 4.78 is 10.3. The van der Waals surface area contributed by atoms with E-state index in [1.807, 2.05) is 27.7 Å². The first-order chi connectivity index (χ1) is 19.3. The lowest BCUT2D eigenvalue weighted by Gasteiger charge is -2.13. The number of hydrogen-bond acceptors (Lipinski definition) is 4. The molecule has 202 valence electrons. The quantitative estimate of drug-likeness (QED) is 0.122. The highest BCUT2D eigenvalue weighted by Crippen LogP contribution is 2.39. The van der Waals surface area contributed by atoms with Crippen molar-refractivity contribution in [3.8, 4) is 0 Å². The number of fused-ring (bicyclic) bond motifs is 2. The van der Waals surface area contributed by atoms with E-state index >= 15 is 0 Å². The molecule has 6 aromatic carbocycles. The Labute approximate surface area is 234 Å². The summed E-state index contributed by atoms with van der Waals surface area (Å²) in [5.74, 6) is -0.482. The smallest absolute Gasteiger partial charge is 0.339 e. The molecule has 0 aliphatic heterocycles. The molecule has 40 heavy (non-hydrogen) atoms. The van der Waals surface area contributed by atoms with Gasteiger partial charge in [-0.3, -0.25) is 0 Å². The molecule has 0 fully saturated rings. The zero-order chi connectivity index (χ0) is 28.2. The molecule has 4 heteroatoms. The molecule has 4 nitrogen and oxygen atoms in total. The maximum atomic E-state index is 12.0. The first-order valence-electron chi connectivity index (χ1n) is 13.8. The van der Waals surface area contributed by atoms with Gasteiger partial charge in [-0.1, -0.05) is 113 Å². The van der Waals surface area contributed by atoms with E-state index < -0.39 is 11.9 Å². The molecule has 0 aliphatic rings. The van der Waals surface area contributed by atoms with Gasteiger partial charge in [0.2, 0.25) is 0 Å². The second-order valence-corrected chi connectivity index (χ2v) is 10.9. The number of benzene rings is 6. The topological polar surface area (TPSA) is 52.6 Å². The molecule has 0 aliphatic carbocycles. The second-order valence-electron chi connectivity index (χ2n) is 10.9. The highest BCUT2D eigenvalue weighted by Gasteiger charge is 2.19. The van der Waals surface area contributed by atoms with Gasteiger partial charge in [-0.15, -0.1) is 0 Å². The van der Waals surface area contributed by atoms with Crippen molar-refractivity contribution in [3.63, 3.8) is 0 Å². The molecule has 0 aromatic heterocycles. The molecule has 6 rings (SSSR count). The van der Waals surface area contributed by atoms with Crippen LogP contribution >= 0.6 is 0 Å². The molecule has 0 unspecified atom stereocenters. The number of esters is 2. The van der Waals surface area contributed by atoms with Gasteiger partial charge in [0.25, 0.3) is 0 Å². The molecule has 0 saturated heterocycles. The van der Waals surface area contributed by atoms with Crippen molar-refractivity contribution in [2.45, 2.75) is 27.7 Å². The highest BCUT2D eigenvalue weighted by molar-refractivity contribution is 6.32. The van der Waals surface area contributed by atoms with Crippen LogP contribution in [0.2, 0.25) is 0 Å². The highest BCUT2D eigenvalue weighted by atomic mass is 16.5. The van der Waals surface area contributed by atoms with E-state index in [0.29, 0.717) is 13.2 Å². The van der Waals surface area contributed by atoms with E-state index in [0.717, 1.165) is 0 Å². The molecule has 0 spiro atoms. The minimum absolute atomic E-state index is 0.249. The van der Waals surface area contributed by atoms with Gasteiger partial charge >= 0.3 is 11.9 Å². The van der Waals surface area contributed by atoms with Crippen molar-refractivity contribution < 1.29 is 19.1 Å². The van der Waals surface area contributed by atoms with E-state index in [1.165, 1.54) is 43.1 Å². The molecule has 0 saturated carbocycles. The van der Waals surface area contributed by atoms with Crippen molar-refractivity contribution in [2.24, 2.45) is 11.8 Å². The van der Waals surface area contributed by atoms with Gasteiger partial charge in [-0.25, -0.2) is 9.59 Å². The van der Waals surface area contributed by atoms with Crippen molar-refractivity contribution >= 4 is 55.0 Å². The summed E-state index contributed by atoms with van der Waals surface area (Å²) in [7, 11) is 0. The number of hydrogen-bond donors (Lipinski definition) is 0. The fourth-order valence-corrected chi connectivity index (χ4v) is 5.06. The zero-order valence-corrected chi connectivity index (χ0v) is 23.4. The van der Waals surface area contributed by atoms with Crippen LogP contribution in [0, 0.1) is 11.8 Å². The van der Waals surface area contributed by atoms with Gasteiger partial charge in [0.15, 0.2) is 0 Å². The molecule has 0 heterocycles. The summed E-state index contributed by atoms with van der Waals surface area (Å²) in [6, 6.07) is 33.0. The van der Waals surface area contributed by atoms with E-state index in [1.54, 1.807) is 24.3 Å². The van der Waals surface area contributed by atoms with Crippen molar-refractivity contribution in [3.05, 3.63) is 108 Å². The Morgan fingerprint density at radius 3 is 1.12 bits per heavy atom. The fraction of sp³-hybridized carbons (Fsp3) is 0.222. The molecule has 0 bridgehead atoms. The van der Waals surface area contributed by atoms with Crippen LogP contribution in [0.5, 0.6) is 0 Å². The molecule has 0 atom stereocenters. The summed E-state index contributed by atoms with van der Waals surface area (Å²) in [5, 5.41) is 10.9. The Kier molecular flexibility index (Phi) is 7.97. The fourth-order valence-electron chi connectivity index (χ4n) is 5.06. The molecular formula is C36H34O4. The Morgan fingerprint density at radius 1 is 0.500 bits per heavy atom. The Hall–Kier alpha value is -4.44. The lowest BCUT2D eigenvalue weighted by atomic mass is 9.90. The molecule has 6 aromatic rings. The lowest BCUT2D eigenvalue weighted by Crippen LogP contribution is -2.17. The number of carbonyl (C=O) groups excluding carboxylic acids is 2. The van der Waals surface area contributed by atoms with Gasteiger partial charge in [0.1, 0.15) is 0 Å². The van der Waals surface area contributed by atoms with E-state index in [9.17, 15) is 9.59 Å². The summed E-state index contributed by atoms with van der Waals surface area (Å²) in [4.78, 5) is 24.0. The summed E-state index contributed by atoms with van der Waals surface area (Å²) in [6.45, 7) is 8.47. The lowest BCUT2D eigenvalue weighted by molar-refractivity contribution is 0.0412. The van der Waals surface area contributed by atoms with E-state index in [2.05, 4.69) is 72.8 Å². The van der Waals surface area contributed by atoms with Gasteiger partial charge in [-0.05, 0) is 67.1 Å². The van der Waals surface area contributed by atoms with Crippen molar-refractivity contribution in [1.82, 2.24) is 0 Å². The van der Waals surface area contributed by atoms with Crippen LogP contribution in [-0.4, -0.2) is 25.2 Å². The van der Waals surface area contributed by atoms with Crippen LogP contribution in [0.25, 0.3) is 43.1 Å². The minimum Gasteiger partial charge on any atom is -0.462 e. The molecule has 0 radical (unpaired) electrons. The van der Waals surface area contributed by atoms with Crippen LogP contribution in [0.3, 0.4) is 0 Å². The summed E-state index contributed by atoms with van der Waals surface area (Å²) in [5.41, 5.74) is 0.504. The number of ether oxygens (including phenoxy) is 2. The standard InChI is InChI=1S/C20H12.C16H22O4/c1-5-13-6-2-11-17-18-12-4-8-14-7-3-10-16(20(14)18)15(9-1)19(13)17;1-11(2)9-19-15(17)13-7-5-6-8-14(13)16(18)20-10-12(3)4/h1-12H;5-8,11-12H,9-10H2,1-4H3. The molecule has 0 N–H and O–H groups in total. The average molecular weight is 531 g/mol. The van der Waals surface area contributed by atoms with Crippen molar-refractivity contribution in [1.29, 1.82) is 0 Å². The Morgan fingerprint density at radius 2 is 0.825 bits per heavy atom. The first-order valence-corrected chi connectivity index (χ1v) is 13.8. The maximum absolute atomic E-state index is 12.0. The van der Waals surface area contributed by atoms with Crippen LogP contribution < -0.4 is 0 Å². The van der Waals surface area contributed by atoms with E-state index in [4.69, 9.17) is 9.47 Å². The number of carbonyl (C=O) groups is 2. The third-order valence-electron chi connectivity index (χ3n) is 6.85. The Balaban J connectivity index is 0.000000161. The minimum atomic E-state index is -0.490. The normalized spacial score (nSPS) is 11.3. The molecule has 0 amide bonds. The van der Waals surface area contributed by atoms with Gasteiger partial charge in [0.05, 0.1) is 24.3 Å². The van der Waals surface area contributed by atoms with Crippen LogP contribution in [0.4, 0.5) is 0 Å². The summed E-state index contributed by atoms with van der Waals surface area (Å²) in [6.07, 6.45) is 0. The predicted molar refractivity (Wildman–Crippen MR) is 164 cm³/mol. The van der Waals surface area contributed by atoms with Gasteiger partial charge in [0, 0.05) is 0 Å². The van der Waals surface area contributed by atoms with Crippen LogP contribution in [0.15, 0.2) is 97.1 Å². The monoisotopic (exact) mass is 530 g/mol. The average Bonchev–Trinajstić information content (AvgIpc) is 2.97. The molecular weight excluding hydrogens is 496 g/mol. The maximum Gasteiger partial charge on any atom is 0.339 e. The van der Waals surface area contributed by atoms with Gasteiger partial charge < -0.3 is 9.47 Å². The van der Waals surface area contributed by atoms with Crippen LogP contribution in [0.1, 0.15) is 48.4 Å².